The average Bonchev–Trinajstić information content (AvgIpc) is 3.00. The highest BCUT2D eigenvalue weighted by Gasteiger charge is 2.27. The maximum Gasteiger partial charge on any atom is 0.181 e. The van der Waals surface area contributed by atoms with E-state index < -0.39 is 0 Å². The van der Waals surface area contributed by atoms with E-state index in [1.807, 2.05) is 6.07 Å². The van der Waals surface area contributed by atoms with Gasteiger partial charge in [-0.05, 0) is 31.4 Å². The van der Waals surface area contributed by atoms with Gasteiger partial charge in [-0.25, -0.2) is 4.98 Å². The molecular weight excluding hydrogens is 252 g/mol. The Morgan fingerprint density at radius 3 is 3.00 bits per heavy atom. The Hall–Kier alpha value is -1.88. The first-order chi connectivity index (χ1) is 9.88. The molecule has 20 heavy (non-hydrogen) atoms. The molecule has 0 bridgehead atoms. The van der Waals surface area contributed by atoms with Gasteiger partial charge >= 0.3 is 0 Å². The van der Waals surface area contributed by atoms with Crippen molar-refractivity contribution in [1.29, 1.82) is 0 Å². The van der Waals surface area contributed by atoms with E-state index >= 15 is 0 Å². The summed E-state index contributed by atoms with van der Waals surface area (Å²) in [4.78, 5) is 4.60. The highest BCUT2D eigenvalue weighted by molar-refractivity contribution is 5.62. The van der Waals surface area contributed by atoms with Gasteiger partial charge in [0.05, 0.1) is 12.6 Å². The summed E-state index contributed by atoms with van der Waals surface area (Å²) in [6.45, 7) is 1.64. The second kappa shape index (κ2) is 4.90. The number of nitrogens with one attached hydrogen (secondary N) is 2. The first-order valence-electron chi connectivity index (χ1n) is 7.25. The molecule has 104 valence electrons. The van der Waals surface area contributed by atoms with E-state index in [9.17, 15) is 0 Å². The topological polar surface area (TPSA) is 62.8 Å². The van der Waals surface area contributed by atoms with Crippen LogP contribution in [0.3, 0.4) is 0 Å². The van der Waals surface area contributed by atoms with E-state index in [2.05, 4.69) is 38.7 Å². The first kappa shape index (κ1) is 11.9. The number of ether oxygens (including phenoxy) is 1. The lowest BCUT2D eigenvalue weighted by molar-refractivity contribution is 0.195. The maximum absolute atomic E-state index is 5.39. The highest BCUT2D eigenvalue weighted by Crippen LogP contribution is 2.38. The third kappa shape index (κ3) is 2.41. The van der Waals surface area contributed by atoms with Crippen LogP contribution in [0.1, 0.15) is 31.0 Å². The molecule has 0 radical (unpaired) electrons. The van der Waals surface area contributed by atoms with Crippen molar-refractivity contribution in [2.75, 3.05) is 18.5 Å². The maximum atomic E-state index is 5.39. The zero-order valence-corrected chi connectivity index (χ0v) is 11.3. The molecular formula is C15H18N4O. The fourth-order valence-corrected chi connectivity index (χ4v) is 2.57. The fourth-order valence-electron chi connectivity index (χ4n) is 2.57. The number of hydrogen-bond acceptors (Lipinski definition) is 4. The van der Waals surface area contributed by atoms with Crippen molar-refractivity contribution < 1.29 is 4.74 Å². The Morgan fingerprint density at radius 1 is 1.25 bits per heavy atom. The van der Waals surface area contributed by atoms with Crippen LogP contribution in [0.2, 0.25) is 0 Å². The van der Waals surface area contributed by atoms with E-state index in [4.69, 9.17) is 4.74 Å². The van der Waals surface area contributed by atoms with Gasteiger partial charge in [-0.2, -0.15) is 5.10 Å². The Bertz CT molecular complexity index is 599. The summed E-state index contributed by atoms with van der Waals surface area (Å²) in [5.74, 6) is 2.42. The largest absolute Gasteiger partial charge is 0.380 e. The summed E-state index contributed by atoms with van der Waals surface area (Å²) in [6, 6.07) is 8.70. The van der Waals surface area contributed by atoms with Gasteiger partial charge in [-0.1, -0.05) is 12.1 Å². The van der Waals surface area contributed by atoms with Crippen LogP contribution in [-0.4, -0.2) is 34.4 Å². The summed E-state index contributed by atoms with van der Waals surface area (Å²) >= 11 is 0. The lowest BCUT2D eigenvalue weighted by atomic mass is 10.1. The molecule has 1 unspecified atom stereocenters. The minimum Gasteiger partial charge on any atom is -0.380 e. The smallest absolute Gasteiger partial charge is 0.181 e. The standard InChI is InChI=1S/C15H18N4O/c1-2-11(15-17-14(18-19-15)10-4-5-10)8-12(3-1)16-13-6-7-20-9-13/h1-3,8,10,13,16H,4-7,9H2,(H,17,18,19). The SMILES string of the molecule is c1cc(NC2CCOC2)cc(-c2n[nH]c(C3CC3)n2)c1. The van der Waals surface area contributed by atoms with Crippen molar-refractivity contribution in [3.63, 3.8) is 0 Å². The second-order valence-corrected chi connectivity index (χ2v) is 5.60. The minimum atomic E-state index is 0.416. The molecule has 4 rings (SSSR count). The molecule has 0 amide bonds. The summed E-state index contributed by atoms with van der Waals surface area (Å²) in [7, 11) is 0. The van der Waals surface area contributed by atoms with Gasteiger partial charge in [0.2, 0.25) is 0 Å². The number of aromatic amines is 1. The molecule has 2 aromatic rings. The predicted octanol–water partition coefficient (Wildman–Crippen LogP) is 2.55. The summed E-state index contributed by atoms with van der Waals surface area (Å²) in [6.07, 6.45) is 3.53. The third-order valence-electron chi connectivity index (χ3n) is 3.89. The summed E-state index contributed by atoms with van der Waals surface area (Å²) in [5, 5.41) is 10.9. The van der Waals surface area contributed by atoms with E-state index in [0.29, 0.717) is 12.0 Å². The van der Waals surface area contributed by atoms with E-state index in [1.165, 1.54) is 12.8 Å². The Morgan fingerprint density at radius 2 is 2.20 bits per heavy atom. The van der Waals surface area contributed by atoms with Gasteiger partial charge in [0.1, 0.15) is 5.82 Å². The lowest BCUT2D eigenvalue weighted by Crippen LogP contribution is -2.18. The summed E-state index contributed by atoms with van der Waals surface area (Å²) < 4.78 is 5.39. The normalized spacial score (nSPS) is 22.1. The van der Waals surface area contributed by atoms with Crippen molar-refractivity contribution in [2.24, 2.45) is 0 Å². The monoisotopic (exact) mass is 270 g/mol. The Kier molecular flexibility index (Phi) is 2.92. The summed E-state index contributed by atoms with van der Waals surface area (Å²) in [5.41, 5.74) is 2.16. The molecule has 2 fully saturated rings. The van der Waals surface area contributed by atoms with Crippen LogP contribution in [0.15, 0.2) is 24.3 Å². The molecule has 2 heterocycles. The Labute approximate surface area is 117 Å². The number of benzene rings is 1. The molecule has 1 aromatic heterocycles. The van der Waals surface area contributed by atoms with Crippen LogP contribution in [-0.2, 0) is 4.74 Å². The molecule has 1 aromatic carbocycles. The Balaban J connectivity index is 1.54. The molecule has 0 spiro atoms. The number of aromatic nitrogens is 3. The van der Waals surface area contributed by atoms with Crippen molar-refractivity contribution >= 4 is 5.69 Å². The molecule has 1 atom stereocenters. The van der Waals surface area contributed by atoms with E-state index in [0.717, 1.165) is 42.5 Å². The number of anilines is 1. The van der Waals surface area contributed by atoms with Crippen molar-refractivity contribution in [2.45, 2.75) is 31.2 Å². The van der Waals surface area contributed by atoms with Crippen molar-refractivity contribution in [3.8, 4) is 11.4 Å². The van der Waals surface area contributed by atoms with Crippen LogP contribution in [0.5, 0.6) is 0 Å². The highest BCUT2D eigenvalue weighted by atomic mass is 16.5. The molecule has 1 saturated carbocycles. The van der Waals surface area contributed by atoms with Crippen molar-refractivity contribution in [3.05, 3.63) is 30.1 Å². The van der Waals surface area contributed by atoms with Gasteiger partial charge in [-0.3, -0.25) is 5.10 Å². The van der Waals surface area contributed by atoms with Gasteiger partial charge in [-0.15, -0.1) is 0 Å². The van der Waals surface area contributed by atoms with Crippen molar-refractivity contribution in [1.82, 2.24) is 15.2 Å². The molecule has 5 nitrogen and oxygen atoms in total. The van der Waals surface area contributed by atoms with E-state index in [-0.39, 0.29) is 0 Å². The zero-order valence-electron chi connectivity index (χ0n) is 11.3. The minimum absolute atomic E-state index is 0.416. The number of H-pyrrole nitrogens is 1. The van der Waals surface area contributed by atoms with Gasteiger partial charge in [0.15, 0.2) is 5.82 Å². The van der Waals surface area contributed by atoms with Crippen LogP contribution in [0.4, 0.5) is 5.69 Å². The second-order valence-electron chi connectivity index (χ2n) is 5.60. The van der Waals surface area contributed by atoms with E-state index in [1.54, 1.807) is 0 Å². The predicted molar refractivity (Wildman–Crippen MR) is 76.6 cm³/mol. The number of hydrogen-bond donors (Lipinski definition) is 2. The quantitative estimate of drug-likeness (QED) is 0.896. The zero-order chi connectivity index (χ0) is 13.4. The van der Waals surface area contributed by atoms with Crippen LogP contribution in [0, 0.1) is 0 Å². The van der Waals surface area contributed by atoms with Gasteiger partial charge in [0.25, 0.3) is 0 Å². The lowest BCUT2D eigenvalue weighted by Gasteiger charge is -2.12. The third-order valence-corrected chi connectivity index (χ3v) is 3.89. The number of nitrogens with zero attached hydrogens (tertiary/aromatic N) is 2. The molecule has 1 aliphatic heterocycles. The van der Waals surface area contributed by atoms with Crippen LogP contribution < -0.4 is 5.32 Å². The molecule has 1 aliphatic carbocycles. The van der Waals surface area contributed by atoms with Gasteiger partial charge < -0.3 is 10.1 Å². The number of rotatable bonds is 4. The molecule has 2 N–H and O–H groups in total. The molecule has 5 heteroatoms. The molecule has 2 aliphatic rings. The van der Waals surface area contributed by atoms with Crippen LogP contribution >= 0.6 is 0 Å². The molecule has 1 saturated heterocycles. The average molecular weight is 270 g/mol. The first-order valence-corrected chi connectivity index (χ1v) is 7.25. The van der Waals surface area contributed by atoms with Gasteiger partial charge in [0, 0.05) is 23.8 Å². The van der Waals surface area contributed by atoms with Crippen LogP contribution in [0.25, 0.3) is 11.4 Å². The fraction of sp³-hybridized carbons (Fsp3) is 0.467.